The van der Waals surface area contributed by atoms with Crippen molar-refractivity contribution in [3.8, 4) is 17.2 Å². The van der Waals surface area contributed by atoms with Gasteiger partial charge in [0.15, 0.2) is 17.6 Å². The summed E-state index contributed by atoms with van der Waals surface area (Å²) in [5.41, 5.74) is 6.19. The zero-order chi connectivity index (χ0) is 23.2. The van der Waals surface area contributed by atoms with Gasteiger partial charge >= 0.3 is 0 Å². The molecule has 0 fully saturated rings. The van der Waals surface area contributed by atoms with Gasteiger partial charge in [0.2, 0.25) is 5.95 Å². The summed E-state index contributed by atoms with van der Waals surface area (Å²) in [5, 5.41) is 8.14. The molecule has 0 spiro atoms. The molecular formula is C27H24N4O3. The van der Waals surface area contributed by atoms with E-state index < -0.39 is 6.10 Å². The second-order valence-electron chi connectivity index (χ2n) is 8.32. The number of para-hydroxylation sites is 2. The first-order chi connectivity index (χ1) is 16.7. The van der Waals surface area contributed by atoms with Crippen LogP contribution in [0.3, 0.4) is 0 Å². The highest BCUT2D eigenvalue weighted by atomic mass is 16.5. The Morgan fingerprint density at radius 2 is 1.71 bits per heavy atom. The summed E-state index contributed by atoms with van der Waals surface area (Å²) < 4.78 is 20.1. The predicted molar refractivity (Wildman–Crippen MR) is 129 cm³/mol. The number of nitrogens with zero attached hydrogens (tertiary/aromatic N) is 3. The maximum atomic E-state index is 6.72. The van der Waals surface area contributed by atoms with Crippen LogP contribution in [0.4, 0.5) is 5.95 Å². The maximum absolute atomic E-state index is 6.72. The van der Waals surface area contributed by atoms with Gasteiger partial charge in [0.1, 0.15) is 18.1 Å². The highest BCUT2D eigenvalue weighted by Crippen LogP contribution is 2.53. The Labute approximate surface area is 197 Å². The molecular weight excluding hydrogens is 428 g/mol. The van der Waals surface area contributed by atoms with Crippen LogP contribution in [0.2, 0.25) is 0 Å². The Bertz CT molecular complexity index is 1420. The molecule has 0 amide bonds. The fraction of sp³-hybridized carbons (Fsp3) is 0.185. The van der Waals surface area contributed by atoms with Crippen molar-refractivity contribution >= 4 is 11.6 Å². The number of nitrogens with one attached hydrogen (secondary N) is 1. The van der Waals surface area contributed by atoms with Gasteiger partial charge in [0.25, 0.3) is 0 Å². The van der Waals surface area contributed by atoms with Crippen molar-refractivity contribution in [3.05, 3.63) is 101 Å². The van der Waals surface area contributed by atoms with Crippen molar-refractivity contribution in [1.29, 1.82) is 0 Å². The van der Waals surface area contributed by atoms with Gasteiger partial charge in [-0.3, -0.25) is 0 Å². The molecule has 3 heterocycles. The normalized spacial score (nSPS) is 18.2. The van der Waals surface area contributed by atoms with Gasteiger partial charge in [-0.25, -0.2) is 4.68 Å². The molecule has 170 valence electrons. The summed E-state index contributed by atoms with van der Waals surface area (Å²) in [5.74, 6) is 2.79. The van der Waals surface area contributed by atoms with Crippen molar-refractivity contribution in [2.45, 2.75) is 19.1 Å². The lowest BCUT2D eigenvalue weighted by Crippen LogP contribution is -2.33. The molecule has 6 rings (SSSR count). The molecule has 0 unspecified atom stereocenters. The van der Waals surface area contributed by atoms with E-state index in [1.807, 2.05) is 47.1 Å². The summed E-state index contributed by atoms with van der Waals surface area (Å²) in [6.07, 6.45) is 1.14. The zero-order valence-corrected chi connectivity index (χ0v) is 19.1. The number of ether oxygens (including phenoxy) is 3. The number of fused-ring (bicyclic) bond motifs is 3. The summed E-state index contributed by atoms with van der Waals surface area (Å²) >= 11 is 0. The van der Waals surface area contributed by atoms with E-state index in [-0.39, 0.29) is 6.04 Å². The van der Waals surface area contributed by atoms with Gasteiger partial charge in [-0.1, -0.05) is 48.5 Å². The minimum Gasteiger partial charge on any atom is -0.493 e. The van der Waals surface area contributed by atoms with Crippen LogP contribution in [0.15, 0.2) is 78.6 Å². The molecule has 2 aliphatic heterocycles. The SMILES string of the molecule is COc1cccc([C@@H]2Oc3ccccc3C3=C2[C@@H](c2ccccc2C)n2ncnc2N3)c1OC. The van der Waals surface area contributed by atoms with Crippen molar-refractivity contribution in [2.24, 2.45) is 0 Å². The Balaban J connectivity index is 1.66. The monoisotopic (exact) mass is 452 g/mol. The highest BCUT2D eigenvalue weighted by Gasteiger charge is 2.42. The van der Waals surface area contributed by atoms with Crippen LogP contribution in [0, 0.1) is 6.92 Å². The lowest BCUT2D eigenvalue weighted by molar-refractivity contribution is 0.216. The fourth-order valence-corrected chi connectivity index (χ4v) is 4.99. The van der Waals surface area contributed by atoms with Crippen molar-refractivity contribution < 1.29 is 14.2 Å². The second-order valence-corrected chi connectivity index (χ2v) is 8.32. The molecule has 34 heavy (non-hydrogen) atoms. The third-order valence-electron chi connectivity index (χ3n) is 6.52. The number of hydrogen-bond acceptors (Lipinski definition) is 6. The van der Waals surface area contributed by atoms with E-state index in [1.165, 1.54) is 0 Å². The van der Waals surface area contributed by atoms with Crippen LogP contribution in [0.25, 0.3) is 5.70 Å². The van der Waals surface area contributed by atoms with E-state index in [0.717, 1.165) is 39.3 Å². The van der Waals surface area contributed by atoms with E-state index in [9.17, 15) is 0 Å². The van der Waals surface area contributed by atoms with Crippen molar-refractivity contribution in [1.82, 2.24) is 14.8 Å². The van der Waals surface area contributed by atoms with Crippen LogP contribution in [0.1, 0.15) is 34.4 Å². The first kappa shape index (κ1) is 20.4. The zero-order valence-electron chi connectivity index (χ0n) is 19.1. The van der Waals surface area contributed by atoms with E-state index in [0.29, 0.717) is 17.4 Å². The first-order valence-electron chi connectivity index (χ1n) is 11.1. The fourth-order valence-electron chi connectivity index (χ4n) is 4.99. The largest absolute Gasteiger partial charge is 0.493 e. The average molecular weight is 453 g/mol. The molecule has 7 nitrogen and oxygen atoms in total. The van der Waals surface area contributed by atoms with E-state index in [1.54, 1.807) is 20.5 Å². The van der Waals surface area contributed by atoms with Gasteiger partial charge in [-0.15, -0.1) is 0 Å². The molecule has 2 atom stereocenters. The molecule has 0 radical (unpaired) electrons. The molecule has 1 aromatic heterocycles. The van der Waals surface area contributed by atoms with Gasteiger partial charge < -0.3 is 19.5 Å². The predicted octanol–water partition coefficient (Wildman–Crippen LogP) is 5.16. The van der Waals surface area contributed by atoms with Gasteiger partial charge in [0, 0.05) is 16.7 Å². The van der Waals surface area contributed by atoms with Crippen molar-refractivity contribution in [3.63, 3.8) is 0 Å². The lowest BCUT2D eigenvalue weighted by Gasteiger charge is -2.39. The maximum Gasteiger partial charge on any atom is 0.226 e. The smallest absolute Gasteiger partial charge is 0.226 e. The Kier molecular flexibility index (Phi) is 4.76. The standard InChI is InChI=1S/C27H24N4O3/c1-16-9-4-5-10-17(16)24-22-23(30-27-28-15-29-31(24)27)18-11-6-7-13-20(18)34-26(22)19-12-8-14-21(32-2)25(19)33-3/h4-15,24,26H,1-3H3,(H,28,29,30)/t24-,26+/m1/s1. The van der Waals surface area contributed by atoms with Crippen LogP contribution >= 0.6 is 0 Å². The number of rotatable bonds is 4. The Morgan fingerprint density at radius 3 is 2.53 bits per heavy atom. The molecule has 1 N–H and O–H groups in total. The molecule has 0 aliphatic carbocycles. The third kappa shape index (κ3) is 2.97. The van der Waals surface area contributed by atoms with Gasteiger partial charge in [-0.2, -0.15) is 10.1 Å². The quantitative estimate of drug-likeness (QED) is 0.461. The minimum absolute atomic E-state index is 0.218. The van der Waals surface area contributed by atoms with Gasteiger partial charge in [-0.05, 0) is 36.2 Å². The second kappa shape index (κ2) is 7.95. The van der Waals surface area contributed by atoms with Crippen molar-refractivity contribution in [2.75, 3.05) is 19.5 Å². The van der Waals surface area contributed by atoms with Gasteiger partial charge in [0.05, 0.1) is 19.9 Å². The number of benzene rings is 3. The number of aryl methyl sites for hydroxylation is 1. The molecule has 7 heteroatoms. The molecule has 0 saturated heterocycles. The lowest BCUT2D eigenvalue weighted by atomic mass is 9.83. The summed E-state index contributed by atoms with van der Waals surface area (Å²) in [7, 11) is 3.30. The summed E-state index contributed by atoms with van der Waals surface area (Å²) in [6, 6.07) is 22.1. The molecule has 0 saturated carbocycles. The Hall–Kier alpha value is -4.26. The molecule has 3 aromatic carbocycles. The molecule has 0 bridgehead atoms. The minimum atomic E-state index is -0.440. The topological polar surface area (TPSA) is 70.4 Å². The number of anilines is 1. The first-order valence-corrected chi connectivity index (χ1v) is 11.1. The van der Waals surface area contributed by atoms with Crippen LogP contribution < -0.4 is 19.5 Å². The van der Waals surface area contributed by atoms with E-state index in [2.05, 4.69) is 46.6 Å². The third-order valence-corrected chi connectivity index (χ3v) is 6.52. The number of hydrogen-bond donors (Lipinski definition) is 1. The van der Waals surface area contributed by atoms with Crippen LogP contribution in [0.5, 0.6) is 17.2 Å². The number of aromatic nitrogens is 3. The summed E-state index contributed by atoms with van der Waals surface area (Å²) in [6.45, 7) is 2.12. The average Bonchev–Trinajstić information content (AvgIpc) is 3.35. The molecule has 2 aliphatic rings. The number of methoxy groups -OCH3 is 2. The van der Waals surface area contributed by atoms with E-state index in [4.69, 9.17) is 14.2 Å². The van der Waals surface area contributed by atoms with Crippen LogP contribution in [-0.2, 0) is 0 Å². The van der Waals surface area contributed by atoms with Crippen LogP contribution in [-0.4, -0.2) is 29.0 Å². The summed E-state index contributed by atoms with van der Waals surface area (Å²) in [4.78, 5) is 4.51. The molecule has 4 aromatic rings. The van der Waals surface area contributed by atoms with E-state index >= 15 is 0 Å². The highest BCUT2D eigenvalue weighted by molar-refractivity contribution is 5.85. The Morgan fingerprint density at radius 1 is 0.912 bits per heavy atom.